The lowest BCUT2D eigenvalue weighted by atomic mass is 9.59. The predicted molar refractivity (Wildman–Crippen MR) is 89.0 cm³/mol. The molecule has 2 bridgehead atoms. The number of hydrogen-bond acceptors (Lipinski definition) is 3. The van der Waals surface area contributed by atoms with E-state index in [0.717, 1.165) is 41.3 Å². The fraction of sp³-hybridized carbons (Fsp3) is 0.450. The lowest BCUT2D eigenvalue weighted by Gasteiger charge is -2.42. The summed E-state index contributed by atoms with van der Waals surface area (Å²) in [6.45, 7) is 0. The monoisotopic (exact) mass is 318 g/mol. The number of carbonyl (C=O) groups excluding carboxylic acids is 2. The molecule has 120 valence electrons. The normalized spacial score (nSPS) is 39.2. The lowest BCUT2D eigenvalue weighted by Crippen LogP contribution is -2.43. The van der Waals surface area contributed by atoms with Crippen molar-refractivity contribution in [2.75, 3.05) is 4.90 Å². The van der Waals surface area contributed by atoms with Gasteiger partial charge in [0.2, 0.25) is 11.8 Å². The maximum Gasteiger partial charge on any atom is 0.238 e. The Balaban J connectivity index is 1.51. The molecule has 2 aromatic rings. The highest BCUT2D eigenvalue weighted by atomic mass is 16.2. The van der Waals surface area contributed by atoms with Crippen molar-refractivity contribution >= 4 is 28.4 Å². The van der Waals surface area contributed by atoms with Crippen LogP contribution in [0.1, 0.15) is 19.3 Å². The molecule has 1 aromatic carbocycles. The highest BCUT2D eigenvalue weighted by Gasteiger charge is 2.68. The zero-order valence-electron chi connectivity index (χ0n) is 13.3. The second-order valence-electron chi connectivity index (χ2n) is 7.88. The quantitative estimate of drug-likeness (QED) is 0.760. The van der Waals surface area contributed by atoms with Crippen LogP contribution in [-0.4, -0.2) is 16.8 Å². The molecule has 1 aromatic heterocycles. The largest absolute Gasteiger partial charge is 0.274 e. The van der Waals surface area contributed by atoms with Gasteiger partial charge in [-0.15, -0.1) is 0 Å². The summed E-state index contributed by atoms with van der Waals surface area (Å²) in [6, 6.07) is 9.52. The number of aromatic nitrogens is 1. The van der Waals surface area contributed by atoms with Crippen LogP contribution in [0, 0.1) is 35.5 Å². The molecule has 4 aliphatic carbocycles. The third kappa shape index (κ3) is 1.43. The summed E-state index contributed by atoms with van der Waals surface area (Å²) in [6.07, 6.45) is 5.27. The number of pyridine rings is 1. The van der Waals surface area contributed by atoms with Crippen molar-refractivity contribution in [2.45, 2.75) is 19.3 Å². The fourth-order valence-corrected chi connectivity index (χ4v) is 6.06. The highest BCUT2D eigenvalue weighted by molar-refractivity contribution is 6.25. The second kappa shape index (κ2) is 4.24. The van der Waals surface area contributed by atoms with Crippen LogP contribution in [0.25, 0.3) is 10.9 Å². The van der Waals surface area contributed by atoms with Gasteiger partial charge in [0.05, 0.1) is 23.0 Å². The van der Waals surface area contributed by atoms with Crippen molar-refractivity contribution in [3.05, 3.63) is 36.5 Å². The summed E-state index contributed by atoms with van der Waals surface area (Å²) >= 11 is 0. The maximum absolute atomic E-state index is 13.2. The molecule has 0 N–H and O–H groups in total. The van der Waals surface area contributed by atoms with Crippen molar-refractivity contribution < 1.29 is 9.59 Å². The van der Waals surface area contributed by atoms with Gasteiger partial charge in [-0.3, -0.25) is 14.6 Å². The van der Waals surface area contributed by atoms with E-state index in [0.29, 0.717) is 11.8 Å². The van der Waals surface area contributed by atoms with Gasteiger partial charge in [-0.2, -0.15) is 0 Å². The van der Waals surface area contributed by atoms with Crippen LogP contribution >= 0.6 is 0 Å². The minimum atomic E-state index is -0.0630. The molecule has 5 aliphatic rings. The lowest BCUT2D eigenvalue weighted by molar-refractivity contribution is -0.129. The van der Waals surface area contributed by atoms with Crippen molar-refractivity contribution in [2.24, 2.45) is 35.5 Å². The zero-order chi connectivity index (χ0) is 16.0. The predicted octanol–water partition coefficient (Wildman–Crippen LogP) is 3.02. The molecule has 1 aliphatic heterocycles. The summed E-state index contributed by atoms with van der Waals surface area (Å²) in [5, 5.41) is 0.887. The molecule has 24 heavy (non-hydrogen) atoms. The maximum atomic E-state index is 13.2. The zero-order valence-corrected chi connectivity index (χ0v) is 13.3. The number of amides is 2. The van der Waals surface area contributed by atoms with Gasteiger partial charge in [0.25, 0.3) is 0 Å². The molecule has 0 spiro atoms. The Morgan fingerprint density at radius 2 is 1.58 bits per heavy atom. The molecular formula is C20H18N2O2. The van der Waals surface area contributed by atoms with Gasteiger partial charge >= 0.3 is 0 Å². The van der Waals surface area contributed by atoms with Gasteiger partial charge < -0.3 is 0 Å². The molecule has 7 rings (SSSR count). The molecule has 0 unspecified atom stereocenters. The Morgan fingerprint density at radius 1 is 0.875 bits per heavy atom. The number of benzene rings is 1. The van der Waals surface area contributed by atoms with Crippen molar-refractivity contribution in [1.82, 2.24) is 4.98 Å². The molecule has 1 saturated heterocycles. The van der Waals surface area contributed by atoms with Crippen LogP contribution in [0.5, 0.6) is 0 Å². The number of imide groups is 1. The average molecular weight is 318 g/mol. The van der Waals surface area contributed by atoms with E-state index in [1.807, 2.05) is 30.3 Å². The summed E-state index contributed by atoms with van der Waals surface area (Å²) < 4.78 is 0. The van der Waals surface area contributed by atoms with Crippen molar-refractivity contribution in [1.29, 1.82) is 0 Å². The van der Waals surface area contributed by atoms with Crippen molar-refractivity contribution in [3.8, 4) is 0 Å². The fourth-order valence-electron chi connectivity index (χ4n) is 6.06. The first-order valence-electron chi connectivity index (χ1n) is 8.97. The third-order valence-electron chi connectivity index (χ3n) is 7.01. The topological polar surface area (TPSA) is 50.3 Å². The van der Waals surface area contributed by atoms with Crippen LogP contribution in [0.2, 0.25) is 0 Å². The van der Waals surface area contributed by atoms with Crippen LogP contribution in [0.15, 0.2) is 36.5 Å². The molecule has 4 heteroatoms. The van der Waals surface area contributed by atoms with Crippen LogP contribution < -0.4 is 4.90 Å². The number of rotatable bonds is 1. The number of carbonyl (C=O) groups is 2. The number of anilines is 1. The van der Waals surface area contributed by atoms with Gasteiger partial charge in [0, 0.05) is 11.6 Å². The summed E-state index contributed by atoms with van der Waals surface area (Å²) in [7, 11) is 0. The smallest absolute Gasteiger partial charge is 0.238 e. The first-order chi connectivity index (χ1) is 11.8. The van der Waals surface area contributed by atoms with E-state index in [9.17, 15) is 9.59 Å². The number of nitrogens with zero attached hydrogens (tertiary/aromatic N) is 2. The summed E-state index contributed by atoms with van der Waals surface area (Å²) in [5.41, 5.74) is 1.55. The van der Waals surface area contributed by atoms with Gasteiger partial charge in [0.15, 0.2) is 0 Å². The van der Waals surface area contributed by atoms with Crippen molar-refractivity contribution in [3.63, 3.8) is 0 Å². The molecule has 4 nitrogen and oxygen atoms in total. The van der Waals surface area contributed by atoms with Gasteiger partial charge in [-0.25, -0.2) is 4.90 Å². The molecule has 0 radical (unpaired) electrons. The first kappa shape index (κ1) is 13.1. The minimum absolute atomic E-state index is 0.0430. The Labute approximate surface area is 139 Å². The Kier molecular flexibility index (Phi) is 2.31. The standard InChI is InChI=1S/C20H18N2O2/c23-19-17-10-6-7-11(14-9-13(10)14)18(17)20(24)22(19)16-5-1-4-15-12(16)3-2-8-21-15/h1-5,8,10-11,13-14,17-18H,6-7,9H2/t10-,11+,13+,14-,17-,18+. The van der Waals surface area contributed by atoms with E-state index in [1.54, 1.807) is 6.20 Å². The Bertz CT molecular complexity index is 868. The van der Waals surface area contributed by atoms with E-state index >= 15 is 0 Å². The van der Waals surface area contributed by atoms with Crippen LogP contribution in [0.4, 0.5) is 5.69 Å². The number of hydrogen-bond donors (Lipinski definition) is 0. The van der Waals surface area contributed by atoms with Crippen LogP contribution in [-0.2, 0) is 9.59 Å². The van der Waals surface area contributed by atoms with E-state index < -0.39 is 0 Å². The van der Waals surface area contributed by atoms with Gasteiger partial charge in [-0.1, -0.05) is 6.07 Å². The molecule has 6 atom stereocenters. The van der Waals surface area contributed by atoms with E-state index in [1.165, 1.54) is 11.3 Å². The van der Waals surface area contributed by atoms with Crippen LogP contribution in [0.3, 0.4) is 0 Å². The van der Waals surface area contributed by atoms with Gasteiger partial charge in [-0.05, 0) is 67.2 Å². The molecule has 2 amide bonds. The minimum Gasteiger partial charge on any atom is -0.274 e. The highest BCUT2D eigenvalue weighted by Crippen LogP contribution is 2.68. The molecule has 5 fully saturated rings. The number of fused-ring (bicyclic) bond motifs is 2. The van der Waals surface area contributed by atoms with E-state index in [-0.39, 0.29) is 23.7 Å². The second-order valence-corrected chi connectivity index (χ2v) is 7.88. The average Bonchev–Trinajstić information content (AvgIpc) is 3.39. The Hall–Kier alpha value is -2.23. The summed E-state index contributed by atoms with van der Waals surface area (Å²) in [4.78, 5) is 32.3. The first-order valence-corrected chi connectivity index (χ1v) is 8.97. The molecule has 4 saturated carbocycles. The van der Waals surface area contributed by atoms with E-state index in [2.05, 4.69) is 4.98 Å². The third-order valence-corrected chi connectivity index (χ3v) is 7.01. The van der Waals surface area contributed by atoms with E-state index in [4.69, 9.17) is 0 Å². The Morgan fingerprint density at radius 3 is 2.29 bits per heavy atom. The SMILES string of the molecule is O=C1[C@@H]2[C@@H]3CC[C@@H]([C@H]4C[C@H]43)[C@@H]2C(=O)N1c1cccc2ncccc12. The summed E-state index contributed by atoms with van der Waals surface area (Å²) in [5.74, 6) is 2.28. The van der Waals surface area contributed by atoms with Gasteiger partial charge in [0.1, 0.15) is 0 Å². The molecular weight excluding hydrogens is 300 g/mol. The molecule has 2 heterocycles.